The van der Waals surface area contributed by atoms with E-state index >= 15 is 0 Å². The molecule has 1 saturated heterocycles. The second-order valence-corrected chi connectivity index (χ2v) is 5.80. The summed E-state index contributed by atoms with van der Waals surface area (Å²) in [7, 11) is 1.27. The van der Waals surface area contributed by atoms with E-state index in [-0.39, 0.29) is 24.3 Å². The Bertz CT molecular complexity index is 580. The van der Waals surface area contributed by atoms with Crippen LogP contribution in [0.3, 0.4) is 0 Å². The van der Waals surface area contributed by atoms with Crippen molar-refractivity contribution in [3.63, 3.8) is 0 Å². The molecule has 0 saturated carbocycles. The molecule has 0 spiro atoms. The van der Waals surface area contributed by atoms with E-state index in [0.717, 1.165) is 0 Å². The molecule has 1 aliphatic heterocycles. The van der Waals surface area contributed by atoms with Crippen LogP contribution in [0.2, 0.25) is 5.02 Å². The fourth-order valence-electron chi connectivity index (χ4n) is 2.50. The summed E-state index contributed by atoms with van der Waals surface area (Å²) in [5.41, 5.74) is 0.586. The van der Waals surface area contributed by atoms with E-state index in [2.05, 4.69) is 10.1 Å². The maximum absolute atomic E-state index is 12.4. The van der Waals surface area contributed by atoms with Gasteiger partial charge in [-0.1, -0.05) is 11.6 Å². The highest BCUT2D eigenvalue weighted by Crippen LogP contribution is 2.20. The number of ether oxygens (including phenoxy) is 1. The van der Waals surface area contributed by atoms with Gasteiger partial charge in [0.25, 0.3) is 5.91 Å². The average molecular weight is 339 g/mol. The second kappa shape index (κ2) is 7.97. The van der Waals surface area contributed by atoms with Crippen LogP contribution in [0.25, 0.3) is 0 Å². The van der Waals surface area contributed by atoms with Crippen molar-refractivity contribution < 1.29 is 19.1 Å². The minimum atomic E-state index is -0.478. The highest BCUT2D eigenvalue weighted by Gasteiger charge is 2.27. The smallest absolute Gasteiger partial charge is 0.325 e. The average Bonchev–Trinajstić information content (AvgIpc) is 2.59. The van der Waals surface area contributed by atoms with E-state index in [9.17, 15) is 14.4 Å². The molecule has 124 valence electrons. The van der Waals surface area contributed by atoms with Gasteiger partial charge in [-0.2, -0.15) is 0 Å². The van der Waals surface area contributed by atoms with Gasteiger partial charge in [-0.3, -0.25) is 14.4 Å². The van der Waals surface area contributed by atoms with Gasteiger partial charge in [-0.15, -0.1) is 0 Å². The Morgan fingerprint density at radius 1 is 1.22 bits per heavy atom. The van der Waals surface area contributed by atoms with E-state index in [1.807, 2.05) is 0 Å². The number of esters is 1. The molecule has 0 bridgehead atoms. The molecule has 1 aromatic carbocycles. The maximum atomic E-state index is 12.4. The number of nitrogens with zero attached hydrogens (tertiary/aromatic N) is 1. The SMILES string of the molecule is COC(=O)CNC(=O)C1CCN(C(=O)c2ccc(Cl)cc2)CC1. The molecular weight excluding hydrogens is 320 g/mol. The van der Waals surface area contributed by atoms with E-state index in [1.54, 1.807) is 29.2 Å². The number of hydrogen-bond donors (Lipinski definition) is 1. The summed E-state index contributed by atoms with van der Waals surface area (Å²) in [5.74, 6) is -0.897. The van der Waals surface area contributed by atoms with Gasteiger partial charge in [0.15, 0.2) is 0 Å². The molecule has 23 heavy (non-hydrogen) atoms. The Kier molecular flexibility index (Phi) is 5.98. The predicted molar refractivity (Wildman–Crippen MR) is 85.1 cm³/mol. The van der Waals surface area contributed by atoms with Crippen LogP contribution in [0.15, 0.2) is 24.3 Å². The fraction of sp³-hybridized carbons (Fsp3) is 0.438. The third-order valence-corrected chi connectivity index (χ3v) is 4.13. The number of nitrogens with one attached hydrogen (secondary N) is 1. The number of rotatable bonds is 4. The van der Waals surface area contributed by atoms with E-state index in [0.29, 0.717) is 36.5 Å². The van der Waals surface area contributed by atoms with Gasteiger partial charge in [-0.05, 0) is 37.1 Å². The molecule has 1 aliphatic rings. The number of benzene rings is 1. The summed E-state index contributed by atoms with van der Waals surface area (Å²) < 4.78 is 4.48. The van der Waals surface area contributed by atoms with Crippen LogP contribution in [0.1, 0.15) is 23.2 Å². The third-order valence-electron chi connectivity index (χ3n) is 3.88. The zero-order valence-electron chi connectivity index (χ0n) is 12.9. The number of methoxy groups -OCH3 is 1. The summed E-state index contributed by atoms with van der Waals surface area (Å²) in [6.45, 7) is 0.898. The van der Waals surface area contributed by atoms with E-state index in [1.165, 1.54) is 7.11 Å². The molecule has 2 amide bonds. The molecule has 6 nitrogen and oxygen atoms in total. The van der Waals surface area contributed by atoms with Gasteiger partial charge < -0.3 is 15.0 Å². The van der Waals surface area contributed by atoms with Crippen molar-refractivity contribution in [1.82, 2.24) is 10.2 Å². The normalized spacial score (nSPS) is 15.1. The van der Waals surface area contributed by atoms with Gasteiger partial charge >= 0.3 is 5.97 Å². The molecule has 0 atom stereocenters. The molecular formula is C16H19ClN2O4. The lowest BCUT2D eigenvalue weighted by molar-refractivity contribution is -0.141. The van der Waals surface area contributed by atoms with Crippen LogP contribution in [0.5, 0.6) is 0 Å². The highest BCUT2D eigenvalue weighted by atomic mass is 35.5. The minimum absolute atomic E-state index is 0.0601. The van der Waals surface area contributed by atoms with Gasteiger partial charge in [0.05, 0.1) is 7.11 Å². The number of likely N-dealkylation sites (tertiary alicyclic amines) is 1. The monoisotopic (exact) mass is 338 g/mol. The lowest BCUT2D eigenvalue weighted by Gasteiger charge is -2.31. The lowest BCUT2D eigenvalue weighted by atomic mass is 9.95. The standard InChI is InChI=1S/C16H19ClN2O4/c1-23-14(20)10-18-15(21)11-6-8-19(9-7-11)16(22)12-2-4-13(17)5-3-12/h2-5,11H,6-10H2,1H3,(H,18,21). The van der Waals surface area contributed by atoms with Crippen LogP contribution < -0.4 is 5.32 Å². The molecule has 1 heterocycles. The molecule has 0 radical (unpaired) electrons. The molecule has 1 aromatic rings. The summed E-state index contributed by atoms with van der Waals surface area (Å²) in [6, 6.07) is 6.75. The summed E-state index contributed by atoms with van der Waals surface area (Å²) >= 11 is 5.82. The molecule has 0 aliphatic carbocycles. The summed E-state index contributed by atoms with van der Waals surface area (Å²) in [5, 5.41) is 3.14. The molecule has 2 rings (SSSR count). The van der Waals surface area contributed by atoms with E-state index < -0.39 is 5.97 Å². The van der Waals surface area contributed by atoms with Crippen molar-refractivity contribution in [3.8, 4) is 0 Å². The Morgan fingerprint density at radius 3 is 2.39 bits per heavy atom. The zero-order chi connectivity index (χ0) is 16.8. The zero-order valence-corrected chi connectivity index (χ0v) is 13.6. The first-order valence-corrected chi connectivity index (χ1v) is 7.78. The quantitative estimate of drug-likeness (QED) is 0.844. The van der Waals surface area contributed by atoms with E-state index in [4.69, 9.17) is 11.6 Å². The highest BCUT2D eigenvalue weighted by molar-refractivity contribution is 6.30. The number of carbonyl (C=O) groups is 3. The van der Waals surface area contributed by atoms with Gasteiger partial charge in [0.2, 0.25) is 5.91 Å². The lowest BCUT2D eigenvalue weighted by Crippen LogP contribution is -2.44. The van der Waals surface area contributed by atoms with Gasteiger partial charge in [0.1, 0.15) is 6.54 Å². The first-order chi connectivity index (χ1) is 11.0. The van der Waals surface area contributed by atoms with Crippen LogP contribution in [-0.4, -0.2) is 49.4 Å². The summed E-state index contributed by atoms with van der Waals surface area (Å²) in [4.78, 5) is 37.1. The molecule has 0 aromatic heterocycles. The Hall–Kier alpha value is -2.08. The topological polar surface area (TPSA) is 75.7 Å². The van der Waals surface area contributed by atoms with Crippen molar-refractivity contribution >= 4 is 29.4 Å². The van der Waals surface area contributed by atoms with Crippen molar-refractivity contribution in [3.05, 3.63) is 34.9 Å². The van der Waals surface area contributed by atoms with Crippen LogP contribution >= 0.6 is 11.6 Å². The predicted octanol–water partition coefficient (Wildman–Crippen LogP) is 1.48. The number of piperidine rings is 1. The molecule has 7 heteroatoms. The van der Waals surface area contributed by atoms with Gasteiger partial charge in [0, 0.05) is 29.6 Å². The Morgan fingerprint density at radius 2 is 1.83 bits per heavy atom. The summed E-state index contributed by atoms with van der Waals surface area (Å²) in [6.07, 6.45) is 1.15. The largest absolute Gasteiger partial charge is 0.468 e. The van der Waals surface area contributed by atoms with Crippen LogP contribution in [0.4, 0.5) is 0 Å². The first-order valence-electron chi connectivity index (χ1n) is 7.40. The van der Waals surface area contributed by atoms with Crippen LogP contribution in [0, 0.1) is 5.92 Å². The van der Waals surface area contributed by atoms with Crippen molar-refractivity contribution in [2.45, 2.75) is 12.8 Å². The number of amides is 2. The van der Waals surface area contributed by atoms with Gasteiger partial charge in [-0.25, -0.2) is 0 Å². The number of halogens is 1. The first kappa shape index (κ1) is 17.3. The number of carbonyl (C=O) groups excluding carboxylic acids is 3. The second-order valence-electron chi connectivity index (χ2n) is 5.37. The molecule has 1 fully saturated rings. The van der Waals surface area contributed by atoms with Crippen molar-refractivity contribution in [2.24, 2.45) is 5.92 Å². The Balaban J connectivity index is 1.83. The minimum Gasteiger partial charge on any atom is -0.468 e. The molecule has 0 unspecified atom stereocenters. The van der Waals surface area contributed by atoms with Crippen LogP contribution in [-0.2, 0) is 14.3 Å². The maximum Gasteiger partial charge on any atom is 0.325 e. The fourth-order valence-corrected chi connectivity index (χ4v) is 2.62. The van der Waals surface area contributed by atoms with Crippen molar-refractivity contribution in [1.29, 1.82) is 0 Å². The number of hydrogen-bond acceptors (Lipinski definition) is 4. The Labute approximate surface area is 139 Å². The molecule has 1 N–H and O–H groups in total. The van der Waals surface area contributed by atoms with Crippen molar-refractivity contribution in [2.75, 3.05) is 26.7 Å². The third kappa shape index (κ3) is 4.69.